The van der Waals surface area contributed by atoms with Gasteiger partial charge in [-0.05, 0) is 78.2 Å². The van der Waals surface area contributed by atoms with E-state index in [0.29, 0.717) is 28.6 Å². The van der Waals surface area contributed by atoms with Gasteiger partial charge in [-0.15, -0.1) is 24.6 Å². The van der Waals surface area contributed by atoms with Gasteiger partial charge in [0, 0.05) is 53.8 Å². The largest absolute Gasteiger partial charge is 0.446 e. The number of thioether (sulfide) groups is 1. The van der Waals surface area contributed by atoms with Crippen molar-refractivity contribution < 1.29 is 23.8 Å². The molecule has 1 aliphatic rings. The van der Waals surface area contributed by atoms with Crippen molar-refractivity contribution >= 4 is 45.9 Å². The predicted octanol–water partition coefficient (Wildman–Crippen LogP) is 6.32. The van der Waals surface area contributed by atoms with E-state index < -0.39 is 12.2 Å². The molecule has 10 nitrogen and oxygen atoms in total. The summed E-state index contributed by atoms with van der Waals surface area (Å²) < 4.78 is 16.4. The molecule has 3 N–H and O–H groups in total. The molecular weight excluding hydrogens is 616 g/mol. The Balaban J connectivity index is 0.00000245. The quantitative estimate of drug-likeness (QED) is 0.107. The molecule has 0 radical (unpaired) electrons. The minimum Gasteiger partial charge on any atom is -0.446 e. The number of likely N-dealkylation sites (N-methyl/N-ethyl adjacent to an activating group) is 1. The van der Waals surface area contributed by atoms with Crippen molar-refractivity contribution in [1.29, 1.82) is 0 Å². The molecule has 246 valence electrons. The highest BCUT2D eigenvalue weighted by Crippen LogP contribution is 2.41. The lowest BCUT2D eigenvalue weighted by molar-refractivity contribution is -0.128. The Morgan fingerprint density at radius 2 is 1.83 bits per heavy atom. The second kappa shape index (κ2) is 17.2. The van der Waals surface area contributed by atoms with Crippen molar-refractivity contribution in [2.45, 2.75) is 42.6 Å². The number of hydrogen-bond acceptors (Lipinski definition) is 8. The number of terminal acetylenes is 1. The van der Waals surface area contributed by atoms with Gasteiger partial charge in [0.1, 0.15) is 19.5 Å². The molecule has 0 spiro atoms. The van der Waals surface area contributed by atoms with Crippen molar-refractivity contribution in [2.75, 3.05) is 44.7 Å². The van der Waals surface area contributed by atoms with Crippen LogP contribution >= 0.6 is 11.8 Å². The molecule has 1 fully saturated rings. The molecule has 1 aromatic heterocycles. The zero-order valence-electron chi connectivity index (χ0n) is 26.8. The highest BCUT2D eigenvalue weighted by atomic mass is 32.2. The van der Waals surface area contributed by atoms with Gasteiger partial charge in [0.25, 0.3) is 5.56 Å². The third-order valence-corrected chi connectivity index (χ3v) is 8.92. The number of fused-ring (bicyclic) bond motifs is 1. The zero-order valence-corrected chi connectivity index (χ0v) is 27.6. The summed E-state index contributed by atoms with van der Waals surface area (Å²) in [6.07, 6.45) is 10.9. The number of H-pyrrole nitrogens is 1. The number of pyridine rings is 1. The number of methoxy groups -OCH3 is 1. The maximum absolute atomic E-state index is 13.1. The van der Waals surface area contributed by atoms with Gasteiger partial charge in [0.2, 0.25) is 5.91 Å². The van der Waals surface area contributed by atoms with Crippen molar-refractivity contribution in [2.24, 2.45) is 0 Å². The van der Waals surface area contributed by atoms with Crippen LogP contribution < -0.4 is 16.2 Å². The van der Waals surface area contributed by atoms with E-state index in [-0.39, 0.29) is 31.4 Å². The Bertz CT molecular complexity index is 1750. The van der Waals surface area contributed by atoms with Crippen LogP contribution in [0.3, 0.4) is 0 Å². The summed E-state index contributed by atoms with van der Waals surface area (Å²) >= 11 is 1.79. The van der Waals surface area contributed by atoms with Crippen molar-refractivity contribution in [3.63, 3.8) is 0 Å². The Hall–Kier alpha value is -4.76. The first kappa shape index (κ1) is 35.1. The third kappa shape index (κ3) is 10.1. The number of rotatable bonds is 14. The minimum absolute atomic E-state index is 0.0123. The van der Waals surface area contributed by atoms with Crippen molar-refractivity contribution in [3.05, 3.63) is 100.0 Å². The number of nitrogens with zero attached hydrogens (tertiary/aromatic N) is 1. The first-order valence-electron chi connectivity index (χ1n) is 15.1. The average Bonchev–Trinajstić information content (AvgIpc) is 3.90. The minimum atomic E-state index is -0.606. The molecule has 2 amide bonds. The highest BCUT2D eigenvalue weighted by molar-refractivity contribution is 8.00. The molecule has 4 aromatic rings. The summed E-state index contributed by atoms with van der Waals surface area (Å²) in [5.74, 6) is -0.115. The van der Waals surface area contributed by atoms with Crippen LogP contribution in [0.25, 0.3) is 10.8 Å². The SMILES string of the molecule is C#C.COCO[C@@H](COC(=O)Nc1ccc(SC2CC2)c(CN(C)C(=O)CNc2ccc3cc[nH]c(=O)c3c2)c1)c1ccccc1C. The number of aromatic nitrogens is 1. The normalized spacial score (nSPS) is 12.8. The molecule has 47 heavy (non-hydrogen) atoms. The summed E-state index contributed by atoms with van der Waals surface area (Å²) in [4.78, 5) is 43.5. The van der Waals surface area contributed by atoms with E-state index in [0.717, 1.165) is 39.8 Å². The zero-order chi connectivity index (χ0) is 33.8. The van der Waals surface area contributed by atoms with Gasteiger partial charge in [-0.25, -0.2) is 4.79 Å². The van der Waals surface area contributed by atoms with Crippen LogP contribution in [0.4, 0.5) is 16.2 Å². The maximum atomic E-state index is 13.1. The molecule has 11 heteroatoms. The number of aromatic amines is 1. The van der Waals surface area contributed by atoms with Crippen LogP contribution in [0.15, 0.2) is 82.6 Å². The van der Waals surface area contributed by atoms with Gasteiger partial charge in [0.15, 0.2) is 0 Å². The van der Waals surface area contributed by atoms with Gasteiger partial charge in [-0.3, -0.25) is 14.9 Å². The number of aryl methyl sites for hydroxylation is 1. The predicted molar refractivity (Wildman–Crippen MR) is 187 cm³/mol. The summed E-state index contributed by atoms with van der Waals surface area (Å²) in [5.41, 5.74) is 3.95. The molecular formula is C36H40N4O6S. The average molecular weight is 657 g/mol. The second-order valence-corrected chi connectivity index (χ2v) is 12.3. The lowest BCUT2D eigenvalue weighted by Gasteiger charge is -2.21. The topological polar surface area (TPSA) is 122 Å². The fraction of sp³-hybridized carbons (Fsp3) is 0.306. The van der Waals surface area contributed by atoms with Gasteiger partial charge in [-0.2, -0.15) is 0 Å². The molecule has 0 saturated heterocycles. The fourth-order valence-electron chi connectivity index (χ4n) is 4.84. The van der Waals surface area contributed by atoms with Gasteiger partial charge < -0.3 is 29.4 Å². The van der Waals surface area contributed by atoms with E-state index >= 15 is 0 Å². The first-order valence-corrected chi connectivity index (χ1v) is 16.0. The Kier molecular flexibility index (Phi) is 12.9. The maximum Gasteiger partial charge on any atom is 0.411 e. The Morgan fingerprint density at radius 3 is 2.57 bits per heavy atom. The second-order valence-electron chi connectivity index (χ2n) is 11.0. The number of benzene rings is 3. The smallest absolute Gasteiger partial charge is 0.411 e. The summed E-state index contributed by atoms with van der Waals surface area (Å²) in [6.45, 7) is 2.48. The Morgan fingerprint density at radius 1 is 1.06 bits per heavy atom. The number of hydrogen-bond donors (Lipinski definition) is 3. The molecule has 5 rings (SSSR count). The highest BCUT2D eigenvalue weighted by Gasteiger charge is 2.25. The molecule has 1 heterocycles. The summed E-state index contributed by atoms with van der Waals surface area (Å²) in [6, 6.07) is 20.8. The van der Waals surface area contributed by atoms with Crippen LogP contribution in [-0.4, -0.2) is 61.2 Å². The van der Waals surface area contributed by atoms with E-state index in [1.54, 1.807) is 43.1 Å². The van der Waals surface area contributed by atoms with E-state index in [1.807, 2.05) is 67.6 Å². The van der Waals surface area contributed by atoms with Crippen LogP contribution in [-0.2, 0) is 25.5 Å². The van der Waals surface area contributed by atoms with Crippen LogP contribution in [0.2, 0.25) is 0 Å². The molecule has 1 atom stereocenters. The number of carbonyl (C=O) groups excluding carboxylic acids is 2. The summed E-state index contributed by atoms with van der Waals surface area (Å²) in [7, 11) is 3.29. The number of ether oxygens (including phenoxy) is 3. The third-order valence-electron chi connectivity index (χ3n) is 7.47. The van der Waals surface area contributed by atoms with Gasteiger partial charge >= 0.3 is 6.09 Å². The van der Waals surface area contributed by atoms with Gasteiger partial charge in [0.05, 0.1) is 6.54 Å². The number of anilines is 2. The standard InChI is InChI=1S/C34H38N4O6S.C2H2/c1-22-6-4-5-7-28(22)30(44-21-42-3)20-43-34(41)37-26-10-13-31(45-27-11-12-27)24(16-26)19-38(2)32(39)18-36-25-9-8-23-14-15-35-33(40)29(23)17-25;1-2/h4-10,13-17,27,30,36H,11-12,18-21H2,1-3H3,(H,35,40)(H,37,41);1-2H/t30-;/m0./s1. The molecule has 0 aliphatic heterocycles. The van der Waals surface area contributed by atoms with Crippen LogP contribution in [0.5, 0.6) is 0 Å². The molecule has 0 bridgehead atoms. The Labute approximate surface area is 279 Å². The van der Waals surface area contributed by atoms with E-state index in [1.165, 1.54) is 0 Å². The van der Waals surface area contributed by atoms with Crippen molar-refractivity contribution in [1.82, 2.24) is 9.88 Å². The molecule has 3 aromatic carbocycles. The molecule has 0 unspecified atom stereocenters. The van der Waals surface area contributed by atoms with Crippen LogP contribution in [0, 0.1) is 19.8 Å². The number of nitrogens with one attached hydrogen (secondary N) is 3. The lowest BCUT2D eigenvalue weighted by atomic mass is 10.0. The molecule has 1 aliphatic carbocycles. The van der Waals surface area contributed by atoms with Crippen LogP contribution in [0.1, 0.15) is 35.6 Å². The monoisotopic (exact) mass is 656 g/mol. The van der Waals surface area contributed by atoms with Crippen molar-refractivity contribution in [3.8, 4) is 12.8 Å². The van der Waals surface area contributed by atoms with E-state index in [4.69, 9.17) is 14.2 Å². The summed E-state index contributed by atoms with van der Waals surface area (Å²) in [5, 5.41) is 7.91. The lowest BCUT2D eigenvalue weighted by Crippen LogP contribution is -2.32. The van der Waals surface area contributed by atoms with Gasteiger partial charge in [-0.1, -0.05) is 30.3 Å². The number of amides is 2. The molecule has 1 saturated carbocycles. The fourth-order valence-corrected chi connectivity index (χ4v) is 5.99. The van der Waals surface area contributed by atoms with E-state index in [2.05, 4.69) is 28.5 Å². The first-order chi connectivity index (χ1) is 22.8. The van der Waals surface area contributed by atoms with E-state index in [9.17, 15) is 14.4 Å². The number of carbonyl (C=O) groups is 2.